The SMILES string of the molecule is CO[C@]1(C)C[C@H](NC(=O)CN(C)[C@H]2CCSC2)C1(C)C. The van der Waals surface area contributed by atoms with Crippen molar-refractivity contribution in [1.29, 1.82) is 0 Å². The molecule has 0 spiro atoms. The van der Waals surface area contributed by atoms with Gasteiger partial charge in [-0.15, -0.1) is 0 Å². The van der Waals surface area contributed by atoms with Gasteiger partial charge in [0.25, 0.3) is 0 Å². The number of ether oxygens (including phenoxy) is 1. The van der Waals surface area contributed by atoms with E-state index < -0.39 is 0 Å². The first kappa shape index (κ1) is 16.1. The summed E-state index contributed by atoms with van der Waals surface area (Å²) >= 11 is 1.98. The van der Waals surface area contributed by atoms with Crippen LogP contribution in [0.15, 0.2) is 0 Å². The van der Waals surface area contributed by atoms with Gasteiger partial charge < -0.3 is 10.1 Å². The maximum atomic E-state index is 12.2. The second-order valence-corrected chi connectivity index (χ2v) is 8.06. The zero-order valence-electron chi connectivity index (χ0n) is 13.4. The summed E-state index contributed by atoms with van der Waals surface area (Å²) in [6.07, 6.45) is 2.09. The summed E-state index contributed by atoms with van der Waals surface area (Å²) in [4.78, 5) is 14.4. The molecule has 3 atom stereocenters. The number of carbonyl (C=O) groups is 1. The van der Waals surface area contributed by atoms with Gasteiger partial charge in [0.05, 0.1) is 12.1 Å². The first-order valence-corrected chi connectivity index (χ1v) is 8.58. The normalized spacial score (nSPS) is 35.9. The molecule has 1 aliphatic heterocycles. The molecule has 0 aromatic heterocycles. The Balaban J connectivity index is 1.81. The smallest absolute Gasteiger partial charge is 0.234 e. The predicted octanol–water partition coefficient (Wildman–Crippen LogP) is 1.74. The lowest BCUT2D eigenvalue weighted by Crippen LogP contribution is -2.69. The minimum absolute atomic E-state index is 0.0147. The highest BCUT2D eigenvalue weighted by Gasteiger charge is 2.58. The Kier molecular flexibility index (Phi) is 4.72. The van der Waals surface area contributed by atoms with Gasteiger partial charge in [0, 0.05) is 30.4 Å². The van der Waals surface area contributed by atoms with Crippen molar-refractivity contribution < 1.29 is 9.53 Å². The lowest BCUT2D eigenvalue weighted by Gasteiger charge is -2.59. The van der Waals surface area contributed by atoms with Crippen molar-refractivity contribution in [1.82, 2.24) is 10.2 Å². The molecule has 2 fully saturated rings. The zero-order chi connectivity index (χ0) is 15.0. The average Bonchev–Trinajstić information content (AvgIpc) is 2.91. The fourth-order valence-corrected chi connectivity index (χ4v) is 4.49. The van der Waals surface area contributed by atoms with Gasteiger partial charge in [-0.2, -0.15) is 11.8 Å². The summed E-state index contributed by atoms with van der Waals surface area (Å²) in [5.41, 5.74) is -0.141. The highest BCUT2D eigenvalue weighted by atomic mass is 32.2. The molecule has 2 aliphatic rings. The third kappa shape index (κ3) is 2.85. The van der Waals surface area contributed by atoms with Crippen molar-refractivity contribution >= 4 is 17.7 Å². The molecular formula is C15H28N2O2S. The second-order valence-electron chi connectivity index (χ2n) is 6.91. The van der Waals surface area contributed by atoms with E-state index in [9.17, 15) is 4.79 Å². The highest BCUT2D eigenvalue weighted by Crippen LogP contribution is 2.51. The lowest BCUT2D eigenvalue weighted by atomic mass is 9.56. The fourth-order valence-electron chi connectivity index (χ4n) is 3.19. The van der Waals surface area contributed by atoms with Gasteiger partial charge in [-0.25, -0.2) is 0 Å². The van der Waals surface area contributed by atoms with E-state index in [-0.39, 0.29) is 23.0 Å². The topological polar surface area (TPSA) is 41.6 Å². The van der Waals surface area contributed by atoms with Crippen LogP contribution in [-0.2, 0) is 9.53 Å². The van der Waals surface area contributed by atoms with Crippen molar-refractivity contribution in [3.8, 4) is 0 Å². The molecule has 1 saturated heterocycles. The van der Waals surface area contributed by atoms with Crippen LogP contribution in [0.1, 0.15) is 33.6 Å². The van der Waals surface area contributed by atoms with Crippen molar-refractivity contribution in [3.63, 3.8) is 0 Å². The van der Waals surface area contributed by atoms with E-state index >= 15 is 0 Å². The largest absolute Gasteiger partial charge is 0.378 e. The number of amides is 1. The molecule has 1 N–H and O–H groups in total. The van der Waals surface area contributed by atoms with Crippen LogP contribution in [0.2, 0.25) is 0 Å². The molecule has 5 heteroatoms. The molecule has 116 valence electrons. The lowest BCUT2D eigenvalue weighted by molar-refractivity contribution is -0.182. The first-order chi connectivity index (χ1) is 9.30. The van der Waals surface area contributed by atoms with E-state index in [0.717, 1.165) is 12.2 Å². The Labute approximate surface area is 127 Å². The summed E-state index contributed by atoms with van der Waals surface area (Å²) in [5, 5.41) is 3.18. The van der Waals surface area contributed by atoms with Crippen molar-refractivity contribution in [2.75, 3.05) is 32.2 Å². The fraction of sp³-hybridized carbons (Fsp3) is 0.933. The number of rotatable bonds is 5. The number of nitrogens with one attached hydrogen (secondary N) is 1. The van der Waals surface area contributed by atoms with Crippen LogP contribution in [-0.4, -0.2) is 60.7 Å². The monoisotopic (exact) mass is 300 g/mol. The number of hydrogen-bond donors (Lipinski definition) is 1. The summed E-state index contributed by atoms with van der Waals surface area (Å²) in [7, 11) is 3.81. The quantitative estimate of drug-likeness (QED) is 0.840. The predicted molar refractivity (Wildman–Crippen MR) is 84.1 cm³/mol. The van der Waals surface area contributed by atoms with E-state index in [2.05, 4.69) is 38.0 Å². The molecule has 4 nitrogen and oxygen atoms in total. The van der Waals surface area contributed by atoms with E-state index in [0.29, 0.717) is 12.6 Å². The van der Waals surface area contributed by atoms with Gasteiger partial charge >= 0.3 is 0 Å². The minimum atomic E-state index is -0.126. The van der Waals surface area contributed by atoms with Gasteiger partial charge in [0.2, 0.25) is 5.91 Å². The number of carbonyl (C=O) groups excluding carboxylic acids is 1. The molecule has 0 aromatic carbocycles. The number of likely N-dealkylation sites (N-methyl/N-ethyl adjacent to an activating group) is 1. The average molecular weight is 300 g/mol. The molecule has 0 radical (unpaired) electrons. The second kappa shape index (κ2) is 5.85. The van der Waals surface area contributed by atoms with Crippen LogP contribution >= 0.6 is 11.8 Å². The van der Waals surface area contributed by atoms with Crippen molar-refractivity contribution in [2.24, 2.45) is 5.41 Å². The molecule has 1 heterocycles. The highest BCUT2D eigenvalue weighted by molar-refractivity contribution is 7.99. The number of methoxy groups -OCH3 is 1. The Morgan fingerprint density at radius 3 is 2.65 bits per heavy atom. The van der Waals surface area contributed by atoms with E-state index in [4.69, 9.17) is 4.74 Å². The molecular weight excluding hydrogens is 272 g/mol. The molecule has 1 aliphatic carbocycles. The van der Waals surface area contributed by atoms with Crippen molar-refractivity contribution in [2.45, 2.75) is 51.3 Å². The first-order valence-electron chi connectivity index (χ1n) is 7.42. The standard InChI is InChI=1S/C15H28N2O2S/c1-14(2)12(8-15(14,3)19-5)16-13(18)9-17(4)11-6-7-20-10-11/h11-12H,6-10H2,1-5H3,(H,16,18)/t11-,12-,15+/m0/s1. The molecule has 1 saturated carbocycles. The van der Waals surface area contributed by atoms with Gasteiger partial charge in [0.15, 0.2) is 0 Å². The molecule has 0 aromatic rings. The minimum Gasteiger partial charge on any atom is -0.378 e. The Bertz CT molecular complexity index is 369. The van der Waals surface area contributed by atoms with Crippen LogP contribution in [0.4, 0.5) is 0 Å². The Morgan fingerprint density at radius 1 is 1.45 bits per heavy atom. The summed E-state index contributed by atoms with van der Waals surface area (Å²) in [6.45, 7) is 6.96. The molecule has 0 bridgehead atoms. The van der Waals surface area contributed by atoms with Crippen LogP contribution in [0.3, 0.4) is 0 Å². The van der Waals surface area contributed by atoms with Crippen LogP contribution < -0.4 is 5.32 Å². The Hall–Kier alpha value is -0.260. The number of nitrogens with zero attached hydrogens (tertiary/aromatic N) is 1. The number of thioether (sulfide) groups is 1. The molecule has 20 heavy (non-hydrogen) atoms. The van der Waals surface area contributed by atoms with Crippen molar-refractivity contribution in [3.05, 3.63) is 0 Å². The van der Waals surface area contributed by atoms with Crippen LogP contribution in [0.5, 0.6) is 0 Å². The summed E-state index contributed by atoms with van der Waals surface area (Å²) in [5.74, 6) is 2.51. The van der Waals surface area contributed by atoms with E-state index in [1.807, 2.05) is 11.8 Å². The summed E-state index contributed by atoms with van der Waals surface area (Å²) in [6, 6.07) is 0.774. The van der Waals surface area contributed by atoms with Crippen LogP contribution in [0.25, 0.3) is 0 Å². The van der Waals surface area contributed by atoms with E-state index in [1.165, 1.54) is 12.2 Å². The van der Waals surface area contributed by atoms with Gasteiger partial charge in [-0.05, 0) is 32.6 Å². The molecule has 0 unspecified atom stereocenters. The maximum Gasteiger partial charge on any atom is 0.234 e. The maximum absolute atomic E-state index is 12.2. The van der Waals surface area contributed by atoms with Gasteiger partial charge in [-0.3, -0.25) is 9.69 Å². The van der Waals surface area contributed by atoms with E-state index in [1.54, 1.807) is 7.11 Å². The third-order valence-electron chi connectivity index (χ3n) is 5.54. The number of hydrogen-bond acceptors (Lipinski definition) is 4. The molecule has 2 rings (SSSR count). The summed E-state index contributed by atoms with van der Waals surface area (Å²) < 4.78 is 5.60. The third-order valence-corrected chi connectivity index (χ3v) is 6.68. The van der Waals surface area contributed by atoms with Gasteiger partial charge in [-0.1, -0.05) is 13.8 Å². The van der Waals surface area contributed by atoms with Gasteiger partial charge in [0.1, 0.15) is 0 Å². The Morgan fingerprint density at radius 2 is 2.15 bits per heavy atom. The zero-order valence-corrected chi connectivity index (χ0v) is 14.2. The molecule has 1 amide bonds. The van der Waals surface area contributed by atoms with Crippen LogP contribution in [0, 0.1) is 5.41 Å².